The Balaban J connectivity index is 1.81. The van der Waals surface area contributed by atoms with E-state index in [0.717, 1.165) is 24.5 Å². The monoisotopic (exact) mass is 269 g/mol. The van der Waals surface area contributed by atoms with E-state index in [2.05, 4.69) is 15.5 Å². The number of hydrogen-bond donors (Lipinski definition) is 0. The first-order valence-electron chi connectivity index (χ1n) is 7.19. The second kappa shape index (κ2) is 5.98. The Labute approximate surface area is 119 Å². The molecular weight excluding hydrogens is 250 g/mol. The molecule has 2 aromatic rings. The van der Waals surface area contributed by atoms with E-state index in [0.29, 0.717) is 6.54 Å². The molecule has 0 bridgehead atoms. The summed E-state index contributed by atoms with van der Waals surface area (Å²) in [6, 6.07) is 10.2. The summed E-state index contributed by atoms with van der Waals surface area (Å²) in [5.74, 6) is 0.915. The van der Waals surface area contributed by atoms with Crippen LogP contribution in [0.5, 0.6) is 0 Å². The van der Waals surface area contributed by atoms with Crippen LogP contribution < -0.4 is 0 Å². The number of piperidine rings is 1. The summed E-state index contributed by atoms with van der Waals surface area (Å²) in [7, 11) is 0. The van der Waals surface area contributed by atoms with Crippen molar-refractivity contribution < 1.29 is 4.42 Å². The largest absolute Gasteiger partial charge is 0.467 e. The van der Waals surface area contributed by atoms with Crippen molar-refractivity contribution in [3.63, 3.8) is 0 Å². The van der Waals surface area contributed by atoms with Gasteiger partial charge in [-0.15, -0.1) is 0 Å². The van der Waals surface area contributed by atoms with E-state index < -0.39 is 0 Å². The Morgan fingerprint density at radius 3 is 2.75 bits per heavy atom. The smallest absolute Gasteiger partial charge is 0.138 e. The van der Waals surface area contributed by atoms with E-state index in [4.69, 9.17) is 4.42 Å². The van der Waals surface area contributed by atoms with Crippen molar-refractivity contribution in [3.8, 4) is 6.07 Å². The molecule has 1 aliphatic heterocycles. The summed E-state index contributed by atoms with van der Waals surface area (Å²) in [6.07, 6.45) is 7.37. The van der Waals surface area contributed by atoms with Crippen molar-refractivity contribution in [1.82, 2.24) is 9.47 Å². The number of nitrogens with zero attached hydrogens (tertiary/aromatic N) is 3. The van der Waals surface area contributed by atoms with Crippen LogP contribution in [0.25, 0.3) is 0 Å². The molecule has 2 aromatic heterocycles. The highest BCUT2D eigenvalue weighted by atomic mass is 16.3. The molecule has 1 saturated heterocycles. The number of aromatic nitrogens is 1. The van der Waals surface area contributed by atoms with E-state index in [-0.39, 0.29) is 6.04 Å². The Bertz CT molecular complexity index is 573. The molecule has 1 unspecified atom stereocenters. The third-order valence-electron chi connectivity index (χ3n) is 3.93. The van der Waals surface area contributed by atoms with Crippen LogP contribution in [0.2, 0.25) is 0 Å². The zero-order valence-corrected chi connectivity index (χ0v) is 11.5. The van der Waals surface area contributed by atoms with Gasteiger partial charge in [-0.2, -0.15) is 5.26 Å². The van der Waals surface area contributed by atoms with Gasteiger partial charge < -0.3 is 8.98 Å². The molecule has 0 aliphatic carbocycles. The van der Waals surface area contributed by atoms with Gasteiger partial charge in [0.05, 0.1) is 24.6 Å². The molecule has 1 aliphatic rings. The lowest BCUT2D eigenvalue weighted by Gasteiger charge is -2.31. The molecule has 20 heavy (non-hydrogen) atoms. The van der Waals surface area contributed by atoms with Crippen LogP contribution in [0.3, 0.4) is 0 Å². The van der Waals surface area contributed by atoms with Crippen LogP contribution in [-0.2, 0) is 6.54 Å². The summed E-state index contributed by atoms with van der Waals surface area (Å²) >= 11 is 0. The molecule has 3 rings (SSSR count). The predicted octanol–water partition coefficient (Wildman–Crippen LogP) is 3.18. The van der Waals surface area contributed by atoms with E-state index in [1.807, 2.05) is 30.5 Å². The maximum Gasteiger partial charge on any atom is 0.138 e. The van der Waals surface area contributed by atoms with Crippen LogP contribution in [0.1, 0.15) is 36.8 Å². The molecule has 1 atom stereocenters. The van der Waals surface area contributed by atoms with Gasteiger partial charge in [0, 0.05) is 6.20 Å². The first-order valence-corrected chi connectivity index (χ1v) is 7.19. The first kappa shape index (κ1) is 13.0. The second-order valence-corrected chi connectivity index (χ2v) is 5.27. The number of nitriles is 1. The van der Waals surface area contributed by atoms with Crippen molar-refractivity contribution in [2.24, 2.45) is 0 Å². The maximum absolute atomic E-state index is 9.57. The molecule has 0 spiro atoms. The van der Waals surface area contributed by atoms with Gasteiger partial charge in [-0.3, -0.25) is 4.90 Å². The summed E-state index contributed by atoms with van der Waals surface area (Å²) in [5.41, 5.74) is 1.06. The van der Waals surface area contributed by atoms with Gasteiger partial charge in [-0.1, -0.05) is 6.42 Å². The van der Waals surface area contributed by atoms with Crippen molar-refractivity contribution in [2.45, 2.75) is 31.8 Å². The Morgan fingerprint density at radius 2 is 2.05 bits per heavy atom. The van der Waals surface area contributed by atoms with Crippen LogP contribution in [0.4, 0.5) is 0 Å². The second-order valence-electron chi connectivity index (χ2n) is 5.27. The fourth-order valence-corrected chi connectivity index (χ4v) is 2.90. The third kappa shape index (κ3) is 2.63. The fraction of sp³-hybridized carbons (Fsp3) is 0.438. The molecule has 0 radical (unpaired) electrons. The lowest BCUT2D eigenvalue weighted by atomic mass is 10.1. The minimum atomic E-state index is -0.153. The average molecular weight is 269 g/mol. The molecule has 1 fully saturated rings. The summed E-state index contributed by atoms with van der Waals surface area (Å²) in [6.45, 7) is 2.72. The lowest BCUT2D eigenvalue weighted by Crippen LogP contribution is -2.34. The van der Waals surface area contributed by atoms with Gasteiger partial charge in [-0.05, 0) is 50.2 Å². The zero-order valence-electron chi connectivity index (χ0n) is 11.5. The maximum atomic E-state index is 9.57. The highest BCUT2D eigenvalue weighted by molar-refractivity contribution is 5.20. The third-order valence-corrected chi connectivity index (χ3v) is 3.93. The Morgan fingerprint density at radius 1 is 1.20 bits per heavy atom. The average Bonchev–Trinajstić information content (AvgIpc) is 3.14. The van der Waals surface area contributed by atoms with Crippen LogP contribution in [-0.4, -0.2) is 22.6 Å². The van der Waals surface area contributed by atoms with Crippen molar-refractivity contribution >= 4 is 0 Å². The SMILES string of the molecule is N#CC(c1cccn1Cc1ccco1)N1CCCCC1. The van der Waals surface area contributed by atoms with E-state index in [9.17, 15) is 5.26 Å². The Kier molecular flexibility index (Phi) is 3.89. The topological polar surface area (TPSA) is 45.1 Å². The van der Waals surface area contributed by atoms with Gasteiger partial charge in [0.15, 0.2) is 0 Å². The van der Waals surface area contributed by atoms with E-state index >= 15 is 0 Å². The molecule has 0 saturated carbocycles. The van der Waals surface area contributed by atoms with Crippen molar-refractivity contribution in [3.05, 3.63) is 48.2 Å². The highest BCUT2D eigenvalue weighted by Crippen LogP contribution is 2.25. The van der Waals surface area contributed by atoms with Crippen LogP contribution in [0.15, 0.2) is 41.1 Å². The van der Waals surface area contributed by atoms with Gasteiger partial charge in [0.2, 0.25) is 0 Å². The Hall–Kier alpha value is -1.99. The minimum Gasteiger partial charge on any atom is -0.467 e. The van der Waals surface area contributed by atoms with Crippen LogP contribution in [0, 0.1) is 11.3 Å². The molecular formula is C16H19N3O. The molecule has 0 amide bonds. The first-order chi connectivity index (χ1) is 9.88. The number of hydrogen-bond acceptors (Lipinski definition) is 3. The van der Waals surface area contributed by atoms with Gasteiger partial charge >= 0.3 is 0 Å². The highest BCUT2D eigenvalue weighted by Gasteiger charge is 2.24. The van der Waals surface area contributed by atoms with Crippen molar-refractivity contribution in [2.75, 3.05) is 13.1 Å². The molecule has 4 heteroatoms. The molecule has 0 aromatic carbocycles. The summed E-state index contributed by atoms with van der Waals surface area (Å²) in [4.78, 5) is 2.29. The summed E-state index contributed by atoms with van der Waals surface area (Å²) in [5, 5.41) is 9.57. The van der Waals surface area contributed by atoms with E-state index in [1.165, 1.54) is 19.3 Å². The zero-order chi connectivity index (χ0) is 13.8. The quantitative estimate of drug-likeness (QED) is 0.856. The number of likely N-dealkylation sites (tertiary alicyclic amines) is 1. The number of rotatable bonds is 4. The fourth-order valence-electron chi connectivity index (χ4n) is 2.90. The van der Waals surface area contributed by atoms with Crippen LogP contribution >= 0.6 is 0 Å². The standard InChI is InChI=1S/C16H19N3O/c17-12-16(18-8-2-1-3-9-18)15-7-4-10-19(15)13-14-6-5-11-20-14/h4-7,10-11,16H,1-3,8-9,13H2. The number of furan rings is 1. The molecule has 4 nitrogen and oxygen atoms in total. The molecule has 0 N–H and O–H groups in total. The van der Waals surface area contributed by atoms with Gasteiger partial charge in [-0.25, -0.2) is 0 Å². The lowest BCUT2D eigenvalue weighted by molar-refractivity contribution is 0.190. The minimum absolute atomic E-state index is 0.153. The summed E-state index contributed by atoms with van der Waals surface area (Å²) < 4.78 is 7.52. The molecule has 3 heterocycles. The van der Waals surface area contributed by atoms with Gasteiger partial charge in [0.1, 0.15) is 11.8 Å². The normalized spacial score (nSPS) is 17.8. The van der Waals surface area contributed by atoms with Gasteiger partial charge in [0.25, 0.3) is 0 Å². The predicted molar refractivity (Wildman–Crippen MR) is 76.0 cm³/mol. The molecule has 104 valence electrons. The van der Waals surface area contributed by atoms with Crippen molar-refractivity contribution in [1.29, 1.82) is 5.26 Å². The van der Waals surface area contributed by atoms with E-state index in [1.54, 1.807) is 6.26 Å².